The Balaban J connectivity index is 1.75. The lowest BCUT2D eigenvalue weighted by Gasteiger charge is -2.10. The van der Waals surface area contributed by atoms with E-state index in [0.717, 1.165) is 10.9 Å². The van der Waals surface area contributed by atoms with E-state index in [-0.39, 0.29) is 5.56 Å². The van der Waals surface area contributed by atoms with Gasteiger partial charge < -0.3 is 4.52 Å². The summed E-state index contributed by atoms with van der Waals surface area (Å²) in [5.41, 5.74) is 2.05. The van der Waals surface area contributed by atoms with Crippen molar-refractivity contribution in [3.63, 3.8) is 0 Å². The second-order valence-corrected chi connectivity index (χ2v) is 6.97. The first-order valence-corrected chi connectivity index (χ1v) is 9.38. The molecule has 0 bridgehead atoms. The molecule has 29 heavy (non-hydrogen) atoms. The molecule has 5 rings (SSSR count). The van der Waals surface area contributed by atoms with Crippen LogP contribution in [0.5, 0.6) is 0 Å². The van der Waals surface area contributed by atoms with E-state index in [0.29, 0.717) is 33.4 Å². The van der Waals surface area contributed by atoms with Gasteiger partial charge in [-0.05, 0) is 24.3 Å². The Morgan fingerprint density at radius 2 is 1.62 bits per heavy atom. The third-order valence-corrected chi connectivity index (χ3v) is 4.93. The minimum atomic E-state index is -0.144. The van der Waals surface area contributed by atoms with Crippen LogP contribution in [0.15, 0.2) is 94.4 Å². The molecule has 0 radical (unpaired) electrons. The molecule has 2 heterocycles. The maximum atomic E-state index is 13.1. The lowest BCUT2D eigenvalue weighted by atomic mass is 10.1. The highest BCUT2D eigenvalue weighted by molar-refractivity contribution is 6.30. The van der Waals surface area contributed by atoms with Crippen LogP contribution in [0.1, 0.15) is 0 Å². The van der Waals surface area contributed by atoms with E-state index in [2.05, 4.69) is 10.1 Å². The molecule has 0 aliphatic heterocycles. The summed E-state index contributed by atoms with van der Waals surface area (Å²) in [5.74, 6) is 0.834. The van der Waals surface area contributed by atoms with Gasteiger partial charge in [0.1, 0.15) is 0 Å². The molecule has 0 N–H and O–H groups in total. The number of halogens is 1. The molecule has 0 aliphatic carbocycles. The van der Waals surface area contributed by atoms with Crippen LogP contribution < -0.4 is 5.56 Å². The summed E-state index contributed by atoms with van der Waals surface area (Å²) in [7, 11) is 0. The van der Waals surface area contributed by atoms with E-state index >= 15 is 0 Å². The highest BCUT2D eigenvalue weighted by atomic mass is 35.5. The van der Waals surface area contributed by atoms with Gasteiger partial charge in [-0.3, -0.25) is 9.36 Å². The van der Waals surface area contributed by atoms with Gasteiger partial charge in [0.15, 0.2) is 0 Å². The van der Waals surface area contributed by atoms with Gasteiger partial charge in [-0.15, -0.1) is 0 Å². The molecule has 0 amide bonds. The Hall–Kier alpha value is -3.70. The van der Waals surface area contributed by atoms with Gasteiger partial charge in [0.25, 0.3) is 11.4 Å². The molecule has 140 valence electrons. The fraction of sp³-hybridized carbons (Fsp3) is 0. The van der Waals surface area contributed by atoms with E-state index in [1.54, 1.807) is 35.0 Å². The molecule has 0 saturated carbocycles. The van der Waals surface area contributed by atoms with Gasteiger partial charge in [-0.2, -0.15) is 4.98 Å². The topological polar surface area (TPSA) is 60.9 Å². The lowest BCUT2D eigenvalue weighted by Crippen LogP contribution is -2.18. The van der Waals surface area contributed by atoms with Crippen LogP contribution in [-0.2, 0) is 0 Å². The standard InChI is InChI=1S/C23H14ClN3O2/c24-16-9-6-10-17(13-16)27-14-20(18-11-4-5-12-19(18)23(27)28)22-25-21(26-29-22)15-7-2-1-3-8-15/h1-14H. The van der Waals surface area contributed by atoms with Crippen molar-refractivity contribution in [3.05, 3.63) is 100 Å². The molecule has 2 aromatic heterocycles. The average Bonchev–Trinajstić information content (AvgIpc) is 3.25. The molecular formula is C23H14ClN3O2. The predicted molar refractivity (Wildman–Crippen MR) is 113 cm³/mol. The molecule has 0 aliphatic rings. The van der Waals surface area contributed by atoms with E-state index in [4.69, 9.17) is 16.1 Å². The van der Waals surface area contributed by atoms with E-state index in [1.165, 1.54) is 0 Å². The van der Waals surface area contributed by atoms with Crippen LogP contribution in [0.3, 0.4) is 0 Å². The summed E-state index contributed by atoms with van der Waals surface area (Å²) < 4.78 is 7.12. The Kier molecular flexibility index (Phi) is 4.22. The molecule has 0 spiro atoms. The van der Waals surface area contributed by atoms with Crippen molar-refractivity contribution < 1.29 is 4.52 Å². The molecular weight excluding hydrogens is 386 g/mol. The first kappa shape index (κ1) is 17.4. The van der Waals surface area contributed by atoms with Crippen molar-refractivity contribution in [1.29, 1.82) is 0 Å². The summed E-state index contributed by atoms with van der Waals surface area (Å²) in [6.45, 7) is 0. The van der Waals surface area contributed by atoms with Crippen LogP contribution in [0, 0.1) is 0 Å². The number of pyridine rings is 1. The third kappa shape index (κ3) is 3.11. The highest BCUT2D eigenvalue weighted by Gasteiger charge is 2.17. The lowest BCUT2D eigenvalue weighted by molar-refractivity contribution is 0.432. The minimum Gasteiger partial charge on any atom is -0.334 e. The van der Waals surface area contributed by atoms with Gasteiger partial charge in [0, 0.05) is 27.6 Å². The molecule has 6 heteroatoms. The number of hydrogen-bond acceptors (Lipinski definition) is 4. The smallest absolute Gasteiger partial charge is 0.262 e. The number of benzene rings is 3. The Labute approximate surface area is 170 Å². The quantitative estimate of drug-likeness (QED) is 0.409. The number of rotatable bonds is 3. The SMILES string of the molecule is O=c1c2ccccc2c(-c2nc(-c3ccccc3)no2)cn1-c1cccc(Cl)c1. The van der Waals surface area contributed by atoms with Crippen molar-refractivity contribution in [1.82, 2.24) is 14.7 Å². The van der Waals surface area contributed by atoms with Crippen molar-refractivity contribution >= 4 is 22.4 Å². The van der Waals surface area contributed by atoms with Gasteiger partial charge in [0.2, 0.25) is 5.82 Å². The van der Waals surface area contributed by atoms with Crippen LogP contribution in [-0.4, -0.2) is 14.7 Å². The maximum absolute atomic E-state index is 13.1. The van der Waals surface area contributed by atoms with Crippen LogP contribution in [0.25, 0.3) is 39.3 Å². The molecule has 5 nitrogen and oxygen atoms in total. The van der Waals surface area contributed by atoms with Crippen molar-refractivity contribution in [2.24, 2.45) is 0 Å². The fourth-order valence-electron chi connectivity index (χ4n) is 3.32. The molecule has 3 aromatic carbocycles. The van der Waals surface area contributed by atoms with Crippen molar-refractivity contribution in [2.45, 2.75) is 0 Å². The number of aromatic nitrogens is 3. The summed E-state index contributed by atoms with van der Waals surface area (Å²) >= 11 is 6.14. The normalized spacial score (nSPS) is 11.1. The predicted octanol–water partition coefficient (Wildman–Crippen LogP) is 5.36. The zero-order chi connectivity index (χ0) is 19.8. The van der Waals surface area contributed by atoms with Crippen LogP contribution in [0.2, 0.25) is 5.02 Å². The highest BCUT2D eigenvalue weighted by Crippen LogP contribution is 2.28. The maximum Gasteiger partial charge on any atom is 0.262 e. The summed E-state index contributed by atoms with van der Waals surface area (Å²) in [4.78, 5) is 17.7. The first-order valence-electron chi connectivity index (χ1n) is 9.00. The van der Waals surface area contributed by atoms with Crippen LogP contribution in [0.4, 0.5) is 0 Å². The van der Waals surface area contributed by atoms with E-state index in [1.807, 2.05) is 54.6 Å². The van der Waals surface area contributed by atoms with E-state index in [9.17, 15) is 4.79 Å². The second kappa shape index (κ2) is 7.04. The number of fused-ring (bicyclic) bond motifs is 1. The molecule has 0 saturated heterocycles. The monoisotopic (exact) mass is 399 g/mol. The summed E-state index contributed by atoms with van der Waals surface area (Å²) in [5, 5.41) is 5.97. The van der Waals surface area contributed by atoms with Crippen molar-refractivity contribution in [3.8, 4) is 28.5 Å². The largest absolute Gasteiger partial charge is 0.334 e. The molecule has 0 atom stereocenters. The molecule has 0 fully saturated rings. The van der Waals surface area contributed by atoms with Gasteiger partial charge in [0.05, 0.1) is 11.3 Å². The zero-order valence-corrected chi connectivity index (χ0v) is 15.9. The Morgan fingerprint density at radius 3 is 2.41 bits per heavy atom. The van der Waals surface area contributed by atoms with Crippen molar-refractivity contribution in [2.75, 3.05) is 0 Å². The van der Waals surface area contributed by atoms with Gasteiger partial charge >= 0.3 is 0 Å². The van der Waals surface area contributed by atoms with Gasteiger partial charge in [-0.1, -0.05) is 71.4 Å². The second-order valence-electron chi connectivity index (χ2n) is 6.53. The van der Waals surface area contributed by atoms with Gasteiger partial charge in [-0.25, -0.2) is 0 Å². The summed E-state index contributed by atoms with van der Waals surface area (Å²) in [6.07, 6.45) is 1.72. The Morgan fingerprint density at radius 1 is 0.862 bits per heavy atom. The Bertz CT molecular complexity index is 1390. The average molecular weight is 400 g/mol. The van der Waals surface area contributed by atoms with Crippen LogP contribution >= 0.6 is 11.6 Å². The van der Waals surface area contributed by atoms with E-state index < -0.39 is 0 Å². The molecule has 5 aromatic rings. The zero-order valence-electron chi connectivity index (χ0n) is 15.1. The summed E-state index contributed by atoms with van der Waals surface area (Å²) in [6, 6.07) is 24.1. The fourth-order valence-corrected chi connectivity index (χ4v) is 3.50. The number of nitrogens with zero attached hydrogens (tertiary/aromatic N) is 3. The number of hydrogen-bond donors (Lipinski definition) is 0. The minimum absolute atomic E-state index is 0.144. The first-order chi connectivity index (χ1) is 14.2. The molecule has 0 unspecified atom stereocenters. The third-order valence-electron chi connectivity index (χ3n) is 4.70.